The first kappa shape index (κ1) is 6.69. The lowest BCUT2D eigenvalue weighted by Crippen LogP contribution is -1.78. The molecule has 0 fully saturated rings. The summed E-state index contributed by atoms with van der Waals surface area (Å²) in [4.78, 5) is 0. The summed E-state index contributed by atoms with van der Waals surface area (Å²) >= 11 is 4.01. The second-order valence-electron chi connectivity index (χ2n) is 1.87. The Hall–Kier alpha value is -0.430. The first-order valence-corrected chi connectivity index (χ1v) is 3.45. The Morgan fingerprint density at radius 2 is 1.89 bits per heavy atom. The molecule has 0 saturated carbocycles. The molecule has 9 heavy (non-hydrogen) atoms. The number of benzene rings is 1. The van der Waals surface area contributed by atoms with Crippen LogP contribution >= 0.6 is 12.6 Å². The molecule has 0 aliphatic rings. The molecule has 1 rings (SSSR count). The van der Waals surface area contributed by atoms with Gasteiger partial charge in [-0.3, -0.25) is 0 Å². The van der Waals surface area contributed by atoms with Gasteiger partial charge in [-0.25, -0.2) is 0 Å². The van der Waals surface area contributed by atoms with Gasteiger partial charge in [0, 0.05) is 5.75 Å². The molecule has 0 bridgehead atoms. The van der Waals surface area contributed by atoms with Crippen molar-refractivity contribution >= 4 is 12.6 Å². The average molecular weight is 137 g/mol. The third-order valence-corrected chi connectivity index (χ3v) is 1.35. The van der Waals surface area contributed by atoms with Crippen LogP contribution in [0.15, 0.2) is 30.3 Å². The summed E-state index contributed by atoms with van der Waals surface area (Å²) in [6.45, 7) is 0. The van der Waals surface area contributed by atoms with Gasteiger partial charge in [0.15, 0.2) is 0 Å². The molecular formula is C8H9S. The molecule has 0 nitrogen and oxygen atoms in total. The van der Waals surface area contributed by atoms with E-state index >= 15 is 0 Å². The topological polar surface area (TPSA) is 0 Å². The van der Waals surface area contributed by atoms with Gasteiger partial charge in [0.2, 0.25) is 0 Å². The fourth-order valence-corrected chi connectivity index (χ4v) is 0.930. The summed E-state index contributed by atoms with van der Waals surface area (Å²) in [6, 6.07) is 10.3. The fraction of sp³-hybridized carbons (Fsp3) is 0.125. The Bertz CT molecular complexity index is 157. The van der Waals surface area contributed by atoms with Crippen LogP contribution in [-0.4, -0.2) is 0 Å². The molecule has 0 spiro atoms. The Kier molecular flexibility index (Phi) is 2.65. The molecule has 0 aromatic heterocycles. The van der Waals surface area contributed by atoms with Crippen LogP contribution < -0.4 is 0 Å². The molecule has 0 atom stereocenters. The first-order chi connectivity index (χ1) is 4.43. The molecule has 0 saturated heterocycles. The molecule has 1 aromatic carbocycles. The van der Waals surface area contributed by atoms with E-state index in [1.807, 2.05) is 24.0 Å². The minimum absolute atomic E-state index is 0.948. The van der Waals surface area contributed by atoms with E-state index in [9.17, 15) is 0 Å². The van der Waals surface area contributed by atoms with Crippen LogP contribution in [0.1, 0.15) is 5.56 Å². The van der Waals surface area contributed by atoms with Crippen molar-refractivity contribution in [2.45, 2.75) is 6.42 Å². The van der Waals surface area contributed by atoms with E-state index in [2.05, 4.69) is 24.8 Å². The number of hydrogen-bond donors (Lipinski definition) is 1. The maximum atomic E-state index is 4.01. The quantitative estimate of drug-likeness (QED) is 0.594. The van der Waals surface area contributed by atoms with E-state index in [0.29, 0.717) is 0 Å². The minimum atomic E-state index is 0.948. The van der Waals surface area contributed by atoms with Gasteiger partial charge < -0.3 is 0 Å². The maximum Gasteiger partial charge on any atom is 0.0177 e. The standard InChI is InChI=1S/C8H9S/c9-7-6-8-4-2-1-3-5-8/h1-5,7,9H,6H2. The zero-order valence-corrected chi connectivity index (χ0v) is 6.01. The average Bonchev–Trinajstić information content (AvgIpc) is 1.91. The van der Waals surface area contributed by atoms with Gasteiger partial charge in [0.25, 0.3) is 0 Å². The van der Waals surface area contributed by atoms with Crippen LogP contribution in [0.4, 0.5) is 0 Å². The van der Waals surface area contributed by atoms with Gasteiger partial charge >= 0.3 is 0 Å². The summed E-state index contributed by atoms with van der Waals surface area (Å²) < 4.78 is 0. The minimum Gasteiger partial charge on any atom is -0.174 e. The van der Waals surface area contributed by atoms with Crippen molar-refractivity contribution in [1.82, 2.24) is 0 Å². The zero-order chi connectivity index (χ0) is 6.53. The van der Waals surface area contributed by atoms with Crippen molar-refractivity contribution in [3.63, 3.8) is 0 Å². The Morgan fingerprint density at radius 3 is 2.44 bits per heavy atom. The second-order valence-corrected chi connectivity index (χ2v) is 2.24. The highest BCUT2D eigenvalue weighted by Crippen LogP contribution is 2.01. The van der Waals surface area contributed by atoms with E-state index in [1.165, 1.54) is 5.56 Å². The van der Waals surface area contributed by atoms with Crippen LogP contribution in [0.5, 0.6) is 0 Å². The summed E-state index contributed by atoms with van der Waals surface area (Å²) in [5.41, 5.74) is 1.31. The molecule has 0 aliphatic carbocycles. The second kappa shape index (κ2) is 3.57. The molecule has 0 heterocycles. The Balaban J connectivity index is 2.61. The highest BCUT2D eigenvalue weighted by molar-refractivity contribution is 7.82. The summed E-state index contributed by atoms with van der Waals surface area (Å²) in [5.74, 6) is 1.86. The third kappa shape index (κ3) is 2.10. The molecule has 0 N–H and O–H groups in total. The monoisotopic (exact) mass is 137 g/mol. The molecule has 1 heteroatoms. The lowest BCUT2D eigenvalue weighted by Gasteiger charge is -1.93. The molecular weight excluding hydrogens is 128 g/mol. The lowest BCUT2D eigenvalue weighted by atomic mass is 10.2. The Labute approximate surface area is 61.3 Å². The largest absolute Gasteiger partial charge is 0.174 e. The van der Waals surface area contributed by atoms with Crippen molar-refractivity contribution < 1.29 is 0 Å². The van der Waals surface area contributed by atoms with Gasteiger partial charge in [0.1, 0.15) is 0 Å². The highest BCUT2D eigenvalue weighted by atomic mass is 32.1. The van der Waals surface area contributed by atoms with Crippen LogP contribution in [0.25, 0.3) is 0 Å². The number of hydrogen-bond acceptors (Lipinski definition) is 1. The van der Waals surface area contributed by atoms with Crippen LogP contribution in [0.2, 0.25) is 0 Å². The smallest absolute Gasteiger partial charge is 0.0177 e. The zero-order valence-electron chi connectivity index (χ0n) is 5.12. The third-order valence-electron chi connectivity index (χ3n) is 1.17. The summed E-state index contributed by atoms with van der Waals surface area (Å²) in [7, 11) is 0. The highest BCUT2D eigenvalue weighted by Gasteiger charge is 1.85. The van der Waals surface area contributed by atoms with Gasteiger partial charge in [-0.1, -0.05) is 30.3 Å². The van der Waals surface area contributed by atoms with Crippen LogP contribution in [0.3, 0.4) is 0 Å². The number of rotatable bonds is 2. The van der Waals surface area contributed by atoms with Crippen molar-refractivity contribution in [2.24, 2.45) is 0 Å². The molecule has 0 aliphatic heterocycles. The number of thiol groups is 1. The first-order valence-electron chi connectivity index (χ1n) is 2.93. The van der Waals surface area contributed by atoms with E-state index < -0.39 is 0 Å². The van der Waals surface area contributed by atoms with E-state index in [4.69, 9.17) is 0 Å². The van der Waals surface area contributed by atoms with Crippen molar-refractivity contribution in [2.75, 3.05) is 0 Å². The van der Waals surface area contributed by atoms with Crippen molar-refractivity contribution in [1.29, 1.82) is 0 Å². The van der Waals surface area contributed by atoms with E-state index in [-0.39, 0.29) is 0 Å². The maximum absolute atomic E-state index is 4.01. The van der Waals surface area contributed by atoms with Crippen molar-refractivity contribution in [3.05, 3.63) is 41.6 Å². The predicted molar refractivity (Wildman–Crippen MR) is 43.4 cm³/mol. The molecule has 1 radical (unpaired) electrons. The summed E-state index contributed by atoms with van der Waals surface area (Å²) in [6.07, 6.45) is 0.948. The predicted octanol–water partition coefficient (Wildman–Crippen LogP) is 2.32. The van der Waals surface area contributed by atoms with Gasteiger partial charge in [-0.15, -0.1) is 0 Å². The normalized spacial score (nSPS) is 9.44. The van der Waals surface area contributed by atoms with Crippen molar-refractivity contribution in [3.8, 4) is 0 Å². The van der Waals surface area contributed by atoms with E-state index in [0.717, 1.165) is 6.42 Å². The van der Waals surface area contributed by atoms with Gasteiger partial charge in [0.05, 0.1) is 0 Å². The van der Waals surface area contributed by atoms with Gasteiger partial charge in [-0.05, 0) is 12.0 Å². The summed E-state index contributed by atoms with van der Waals surface area (Å²) in [5, 5.41) is 0. The van der Waals surface area contributed by atoms with Crippen LogP contribution in [0, 0.1) is 5.75 Å². The molecule has 47 valence electrons. The SMILES string of the molecule is S[CH]Cc1ccccc1. The van der Waals surface area contributed by atoms with E-state index in [1.54, 1.807) is 0 Å². The van der Waals surface area contributed by atoms with Crippen LogP contribution in [-0.2, 0) is 6.42 Å². The molecule has 0 unspecified atom stereocenters. The lowest BCUT2D eigenvalue weighted by molar-refractivity contribution is 1.25. The van der Waals surface area contributed by atoms with Gasteiger partial charge in [-0.2, -0.15) is 12.6 Å². The molecule has 1 aromatic rings. The fourth-order valence-electron chi connectivity index (χ4n) is 0.720. The molecule has 0 amide bonds. The Morgan fingerprint density at radius 1 is 1.22 bits per heavy atom.